The summed E-state index contributed by atoms with van der Waals surface area (Å²) in [6.07, 6.45) is 1.42. The van der Waals surface area contributed by atoms with Gasteiger partial charge in [-0.1, -0.05) is 35.3 Å². The Kier molecular flexibility index (Phi) is 4.33. The lowest BCUT2D eigenvalue weighted by Gasteiger charge is -2.01. The van der Waals surface area contributed by atoms with Gasteiger partial charge in [0, 0.05) is 17.7 Å². The van der Waals surface area contributed by atoms with E-state index in [1.54, 1.807) is 18.2 Å². The van der Waals surface area contributed by atoms with Crippen LogP contribution in [-0.4, -0.2) is 16.8 Å². The fourth-order valence-electron chi connectivity index (χ4n) is 2.05. The van der Waals surface area contributed by atoms with Crippen LogP contribution in [-0.2, 0) is 9.53 Å². The molecule has 1 aliphatic heterocycles. The summed E-state index contributed by atoms with van der Waals surface area (Å²) in [7, 11) is 0. The molecular weight excluding hydrogens is 355 g/mol. The second-order valence-corrected chi connectivity index (χ2v) is 5.63. The summed E-state index contributed by atoms with van der Waals surface area (Å²) in [6, 6.07) is 10.6. The lowest BCUT2D eigenvalue weighted by atomic mass is 10.1. The summed E-state index contributed by atoms with van der Waals surface area (Å²) in [6.45, 7) is 0. The molecule has 0 saturated heterocycles. The van der Waals surface area contributed by atoms with Crippen LogP contribution >= 0.6 is 23.2 Å². The van der Waals surface area contributed by atoms with Crippen molar-refractivity contribution in [1.82, 2.24) is 0 Å². The van der Waals surface area contributed by atoms with Gasteiger partial charge in [-0.2, -0.15) is 0 Å². The van der Waals surface area contributed by atoms with Gasteiger partial charge in [-0.3, -0.25) is 10.1 Å². The van der Waals surface area contributed by atoms with E-state index in [0.717, 1.165) is 0 Å². The predicted molar refractivity (Wildman–Crippen MR) is 90.2 cm³/mol. The highest BCUT2D eigenvalue weighted by atomic mass is 35.5. The lowest BCUT2D eigenvalue weighted by Crippen LogP contribution is -2.05. The molecule has 120 valence electrons. The molecule has 0 bridgehead atoms. The molecule has 0 aliphatic carbocycles. The SMILES string of the molecule is O=C1OC(c2ccc(Cl)c(Cl)c2)=N/C1=C\c1cccc([N+](=O)[O-])c1. The fourth-order valence-corrected chi connectivity index (χ4v) is 2.35. The van der Waals surface area contributed by atoms with Crippen molar-refractivity contribution in [2.75, 3.05) is 0 Å². The highest BCUT2D eigenvalue weighted by Crippen LogP contribution is 2.26. The second-order valence-electron chi connectivity index (χ2n) is 4.82. The Morgan fingerprint density at radius 2 is 1.92 bits per heavy atom. The van der Waals surface area contributed by atoms with Crippen molar-refractivity contribution < 1.29 is 14.5 Å². The Balaban J connectivity index is 1.95. The standard InChI is InChI=1S/C16H8Cl2N2O4/c17-12-5-4-10(8-13(12)18)15-19-14(16(21)24-15)7-9-2-1-3-11(6-9)20(22)23/h1-8H/b14-7-. The number of cyclic esters (lactones) is 1. The zero-order chi connectivity index (χ0) is 17.3. The third-order valence-corrected chi connectivity index (χ3v) is 3.91. The summed E-state index contributed by atoms with van der Waals surface area (Å²) in [5.41, 5.74) is 0.927. The van der Waals surface area contributed by atoms with E-state index < -0.39 is 10.9 Å². The Labute approximate surface area is 146 Å². The minimum absolute atomic E-state index is 0.0385. The number of carbonyl (C=O) groups is 1. The largest absolute Gasteiger partial charge is 0.402 e. The van der Waals surface area contributed by atoms with Gasteiger partial charge in [0.05, 0.1) is 15.0 Å². The Hall–Kier alpha value is -2.70. The summed E-state index contributed by atoms with van der Waals surface area (Å²) in [5.74, 6) is -0.558. The van der Waals surface area contributed by atoms with Crippen molar-refractivity contribution in [3.05, 3.63) is 79.4 Å². The molecule has 0 atom stereocenters. The first-order valence-electron chi connectivity index (χ1n) is 6.66. The van der Waals surface area contributed by atoms with Gasteiger partial charge < -0.3 is 4.74 Å². The van der Waals surface area contributed by atoms with E-state index in [1.165, 1.54) is 30.3 Å². The maximum Gasteiger partial charge on any atom is 0.363 e. The number of benzene rings is 2. The number of nitro groups is 1. The number of esters is 1. The monoisotopic (exact) mass is 362 g/mol. The smallest absolute Gasteiger partial charge is 0.363 e. The first kappa shape index (κ1) is 16.2. The van der Waals surface area contributed by atoms with Crippen molar-refractivity contribution in [3.63, 3.8) is 0 Å². The molecule has 2 aromatic carbocycles. The van der Waals surface area contributed by atoms with Gasteiger partial charge in [0.25, 0.3) is 5.69 Å². The number of aliphatic imine (C=N–C) groups is 1. The second kappa shape index (κ2) is 6.43. The number of hydrogen-bond acceptors (Lipinski definition) is 5. The average Bonchev–Trinajstić information content (AvgIpc) is 2.91. The molecule has 24 heavy (non-hydrogen) atoms. The normalized spacial score (nSPS) is 15.3. The number of rotatable bonds is 3. The zero-order valence-electron chi connectivity index (χ0n) is 11.9. The average molecular weight is 363 g/mol. The van der Waals surface area contributed by atoms with Crippen molar-refractivity contribution >= 4 is 46.8 Å². The number of ether oxygens (including phenoxy) is 1. The fraction of sp³-hybridized carbons (Fsp3) is 0. The van der Waals surface area contributed by atoms with E-state index in [0.29, 0.717) is 21.2 Å². The van der Waals surface area contributed by atoms with Crippen molar-refractivity contribution in [3.8, 4) is 0 Å². The van der Waals surface area contributed by atoms with Crippen LogP contribution in [0.15, 0.2) is 53.2 Å². The van der Waals surface area contributed by atoms with E-state index in [1.807, 2.05) is 0 Å². The van der Waals surface area contributed by atoms with Crippen LogP contribution in [0.25, 0.3) is 6.08 Å². The van der Waals surface area contributed by atoms with Gasteiger partial charge in [-0.25, -0.2) is 9.79 Å². The molecule has 0 fully saturated rings. The van der Waals surface area contributed by atoms with E-state index in [2.05, 4.69) is 4.99 Å². The number of carbonyl (C=O) groups excluding carboxylic acids is 1. The highest BCUT2D eigenvalue weighted by Gasteiger charge is 2.24. The Morgan fingerprint density at radius 1 is 1.12 bits per heavy atom. The summed E-state index contributed by atoms with van der Waals surface area (Å²) < 4.78 is 5.11. The molecule has 2 aromatic rings. The zero-order valence-corrected chi connectivity index (χ0v) is 13.4. The molecule has 1 aliphatic rings. The summed E-state index contributed by atoms with van der Waals surface area (Å²) in [4.78, 5) is 26.3. The van der Waals surface area contributed by atoms with E-state index in [4.69, 9.17) is 27.9 Å². The summed E-state index contributed by atoms with van der Waals surface area (Å²) in [5, 5.41) is 11.5. The third-order valence-electron chi connectivity index (χ3n) is 3.17. The first-order valence-corrected chi connectivity index (χ1v) is 7.42. The molecule has 1 heterocycles. The molecule has 3 rings (SSSR count). The number of nitrogens with zero attached hydrogens (tertiary/aromatic N) is 2. The highest BCUT2D eigenvalue weighted by molar-refractivity contribution is 6.42. The molecule has 8 heteroatoms. The minimum Gasteiger partial charge on any atom is -0.402 e. The van der Waals surface area contributed by atoms with Gasteiger partial charge in [0.2, 0.25) is 5.90 Å². The van der Waals surface area contributed by atoms with Crippen LogP contribution in [0.1, 0.15) is 11.1 Å². The number of hydrogen-bond donors (Lipinski definition) is 0. The number of halogens is 2. The molecule has 0 unspecified atom stereocenters. The van der Waals surface area contributed by atoms with Crippen LogP contribution in [0.3, 0.4) is 0 Å². The minimum atomic E-state index is -0.650. The maximum atomic E-state index is 11.9. The van der Waals surface area contributed by atoms with E-state index in [9.17, 15) is 14.9 Å². The molecule has 0 amide bonds. The van der Waals surface area contributed by atoms with Gasteiger partial charge in [-0.15, -0.1) is 0 Å². The summed E-state index contributed by atoms with van der Waals surface area (Å²) >= 11 is 11.8. The Bertz CT molecular complexity index is 922. The third kappa shape index (κ3) is 3.29. The topological polar surface area (TPSA) is 81.8 Å². The van der Waals surface area contributed by atoms with Gasteiger partial charge in [0.1, 0.15) is 0 Å². The molecule has 0 N–H and O–H groups in total. The molecular formula is C16H8Cl2N2O4. The maximum absolute atomic E-state index is 11.9. The number of non-ortho nitro benzene ring substituents is 1. The van der Waals surface area contributed by atoms with Crippen molar-refractivity contribution in [1.29, 1.82) is 0 Å². The predicted octanol–water partition coefficient (Wildman–Crippen LogP) is 4.25. The van der Waals surface area contributed by atoms with E-state index in [-0.39, 0.29) is 17.3 Å². The van der Waals surface area contributed by atoms with Crippen LogP contribution in [0, 0.1) is 10.1 Å². The van der Waals surface area contributed by atoms with Crippen molar-refractivity contribution in [2.45, 2.75) is 0 Å². The van der Waals surface area contributed by atoms with Gasteiger partial charge >= 0.3 is 5.97 Å². The molecule has 0 spiro atoms. The van der Waals surface area contributed by atoms with Crippen LogP contribution in [0.5, 0.6) is 0 Å². The van der Waals surface area contributed by atoms with Crippen LogP contribution in [0.4, 0.5) is 5.69 Å². The van der Waals surface area contributed by atoms with Crippen LogP contribution in [0.2, 0.25) is 10.0 Å². The molecule has 0 radical (unpaired) electrons. The van der Waals surface area contributed by atoms with E-state index >= 15 is 0 Å². The molecule has 6 nitrogen and oxygen atoms in total. The first-order chi connectivity index (χ1) is 11.4. The Morgan fingerprint density at radius 3 is 2.62 bits per heavy atom. The van der Waals surface area contributed by atoms with Crippen LogP contribution < -0.4 is 0 Å². The quantitative estimate of drug-likeness (QED) is 0.353. The van der Waals surface area contributed by atoms with Gasteiger partial charge in [-0.05, 0) is 29.8 Å². The molecule has 0 saturated carbocycles. The lowest BCUT2D eigenvalue weighted by molar-refractivity contribution is -0.384. The van der Waals surface area contributed by atoms with Crippen molar-refractivity contribution in [2.24, 2.45) is 4.99 Å². The number of nitro benzene ring substituents is 1. The van der Waals surface area contributed by atoms with Gasteiger partial charge in [0.15, 0.2) is 5.70 Å². The molecule has 0 aromatic heterocycles.